The molecule has 1 aromatic rings. The van der Waals surface area contributed by atoms with Crippen molar-refractivity contribution in [1.82, 2.24) is 0 Å². The fraction of sp³-hybridized carbons (Fsp3) is 0.533. The van der Waals surface area contributed by atoms with Gasteiger partial charge in [-0.1, -0.05) is 0 Å². The van der Waals surface area contributed by atoms with Crippen molar-refractivity contribution >= 4 is 11.6 Å². The number of anilines is 1. The highest BCUT2D eigenvalue weighted by atomic mass is 16.5. The predicted octanol–water partition coefficient (Wildman–Crippen LogP) is 1.78. The molecular weight excluding hydrogens is 256 g/mol. The number of carbonyl (C=O) groups excluding carboxylic acids is 1. The Balaban J connectivity index is 1.80. The summed E-state index contributed by atoms with van der Waals surface area (Å²) in [5.74, 6) is 1.19. The number of ether oxygens (including phenoxy) is 2. The molecule has 0 spiro atoms. The molecule has 1 heterocycles. The van der Waals surface area contributed by atoms with Gasteiger partial charge in [-0.25, -0.2) is 0 Å². The Hall–Kier alpha value is -1.59. The smallest absolute Gasteiger partial charge is 0.240 e. The van der Waals surface area contributed by atoms with Crippen LogP contribution >= 0.6 is 0 Å². The third kappa shape index (κ3) is 4.51. The molecule has 3 N–H and O–H groups in total. The van der Waals surface area contributed by atoms with E-state index in [-0.39, 0.29) is 5.91 Å². The van der Waals surface area contributed by atoms with E-state index in [4.69, 9.17) is 15.2 Å². The number of hydrogen-bond acceptors (Lipinski definition) is 4. The standard InChI is InChI=1S/C15H22N2O3/c1-11(16)15(18)17-13-2-4-14(5-3-13)20-10-12-6-8-19-9-7-12/h2-5,11-12H,6-10,16H2,1H3,(H,17,18)/t11-/m0/s1. The van der Waals surface area contributed by atoms with Crippen molar-refractivity contribution in [3.05, 3.63) is 24.3 Å². The Morgan fingerprint density at radius 3 is 2.65 bits per heavy atom. The first-order valence-corrected chi connectivity index (χ1v) is 7.02. The van der Waals surface area contributed by atoms with E-state index < -0.39 is 6.04 Å². The minimum atomic E-state index is -0.514. The Morgan fingerprint density at radius 1 is 1.40 bits per heavy atom. The van der Waals surface area contributed by atoms with Crippen LogP contribution in [0.25, 0.3) is 0 Å². The van der Waals surface area contributed by atoms with Crippen molar-refractivity contribution in [1.29, 1.82) is 0 Å². The summed E-state index contributed by atoms with van der Waals surface area (Å²) in [6.45, 7) is 4.03. The van der Waals surface area contributed by atoms with Gasteiger partial charge in [-0.2, -0.15) is 0 Å². The van der Waals surface area contributed by atoms with Crippen LogP contribution in [0.5, 0.6) is 5.75 Å². The van der Waals surface area contributed by atoms with Crippen molar-refractivity contribution in [3.63, 3.8) is 0 Å². The molecule has 0 radical (unpaired) electrons. The summed E-state index contributed by atoms with van der Waals surface area (Å²) in [4.78, 5) is 11.5. The van der Waals surface area contributed by atoms with Gasteiger partial charge in [0.05, 0.1) is 12.6 Å². The van der Waals surface area contributed by atoms with Gasteiger partial charge in [0.2, 0.25) is 5.91 Å². The van der Waals surface area contributed by atoms with Gasteiger partial charge < -0.3 is 20.5 Å². The summed E-state index contributed by atoms with van der Waals surface area (Å²) in [7, 11) is 0. The molecule has 1 atom stereocenters. The third-order valence-corrected chi connectivity index (χ3v) is 3.36. The lowest BCUT2D eigenvalue weighted by Crippen LogP contribution is -2.32. The van der Waals surface area contributed by atoms with E-state index >= 15 is 0 Å². The van der Waals surface area contributed by atoms with Crippen LogP contribution in [-0.4, -0.2) is 31.8 Å². The number of rotatable bonds is 5. The molecule has 1 aliphatic rings. The molecule has 2 rings (SSSR count). The lowest BCUT2D eigenvalue weighted by atomic mass is 10.0. The van der Waals surface area contributed by atoms with Gasteiger partial charge in [-0.15, -0.1) is 0 Å². The van der Waals surface area contributed by atoms with E-state index in [0.717, 1.165) is 44.1 Å². The van der Waals surface area contributed by atoms with Gasteiger partial charge in [0.15, 0.2) is 0 Å². The van der Waals surface area contributed by atoms with Gasteiger partial charge in [-0.05, 0) is 49.9 Å². The minimum absolute atomic E-state index is 0.194. The van der Waals surface area contributed by atoms with Gasteiger partial charge in [0.1, 0.15) is 5.75 Å². The molecule has 0 aliphatic carbocycles. The summed E-state index contributed by atoms with van der Waals surface area (Å²) in [6, 6.07) is 6.84. The predicted molar refractivity (Wildman–Crippen MR) is 77.8 cm³/mol. The van der Waals surface area contributed by atoms with Crippen LogP contribution in [0.4, 0.5) is 5.69 Å². The van der Waals surface area contributed by atoms with Crippen molar-refractivity contribution in [2.45, 2.75) is 25.8 Å². The molecule has 1 aliphatic heterocycles. The highest BCUT2D eigenvalue weighted by Gasteiger charge is 2.14. The number of carbonyl (C=O) groups is 1. The summed E-state index contributed by atoms with van der Waals surface area (Å²) >= 11 is 0. The topological polar surface area (TPSA) is 73.6 Å². The quantitative estimate of drug-likeness (QED) is 0.861. The minimum Gasteiger partial charge on any atom is -0.493 e. The SMILES string of the molecule is C[C@H](N)C(=O)Nc1ccc(OCC2CCOCC2)cc1. The zero-order valence-electron chi connectivity index (χ0n) is 11.8. The maximum atomic E-state index is 11.5. The zero-order valence-corrected chi connectivity index (χ0v) is 11.8. The average Bonchev–Trinajstić information content (AvgIpc) is 2.47. The fourth-order valence-electron chi connectivity index (χ4n) is 2.02. The third-order valence-electron chi connectivity index (χ3n) is 3.36. The molecule has 0 saturated carbocycles. The van der Waals surface area contributed by atoms with Crippen LogP contribution in [-0.2, 0) is 9.53 Å². The van der Waals surface area contributed by atoms with E-state index in [2.05, 4.69) is 5.32 Å². The molecule has 5 nitrogen and oxygen atoms in total. The Bertz CT molecular complexity index is 425. The van der Waals surface area contributed by atoms with Crippen LogP contribution in [0.15, 0.2) is 24.3 Å². The summed E-state index contributed by atoms with van der Waals surface area (Å²) in [6.07, 6.45) is 2.12. The second-order valence-corrected chi connectivity index (χ2v) is 5.17. The Labute approximate surface area is 119 Å². The molecule has 20 heavy (non-hydrogen) atoms. The van der Waals surface area contributed by atoms with E-state index in [9.17, 15) is 4.79 Å². The fourth-order valence-corrected chi connectivity index (χ4v) is 2.02. The lowest BCUT2D eigenvalue weighted by molar-refractivity contribution is -0.117. The number of nitrogens with one attached hydrogen (secondary N) is 1. The number of amides is 1. The molecule has 1 saturated heterocycles. The molecule has 1 fully saturated rings. The molecule has 0 unspecified atom stereocenters. The monoisotopic (exact) mass is 278 g/mol. The summed E-state index contributed by atoms with van der Waals surface area (Å²) < 4.78 is 11.1. The second kappa shape index (κ2) is 7.26. The molecule has 1 amide bonds. The largest absolute Gasteiger partial charge is 0.493 e. The van der Waals surface area contributed by atoms with Crippen molar-refractivity contribution in [2.75, 3.05) is 25.1 Å². The maximum absolute atomic E-state index is 11.5. The van der Waals surface area contributed by atoms with Crippen LogP contribution in [0.3, 0.4) is 0 Å². The number of hydrogen-bond donors (Lipinski definition) is 2. The first-order valence-electron chi connectivity index (χ1n) is 7.02. The van der Waals surface area contributed by atoms with Crippen LogP contribution in [0.2, 0.25) is 0 Å². The molecule has 0 aromatic heterocycles. The van der Waals surface area contributed by atoms with Crippen LogP contribution in [0.1, 0.15) is 19.8 Å². The highest BCUT2D eigenvalue weighted by molar-refractivity contribution is 5.94. The van der Waals surface area contributed by atoms with Gasteiger partial charge in [0, 0.05) is 18.9 Å². The molecule has 1 aromatic carbocycles. The van der Waals surface area contributed by atoms with E-state index in [1.165, 1.54) is 0 Å². The first kappa shape index (κ1) is 14.8. The van der Waals surface area contributed by atoms with Crippen LogP contribution < -0.4 is 15.8 Å². The van der Waals surface area contributed by atoms with Gasteiger partial charge >= 0.3 is 0 Å². The van der Waals surface area contributed by atoms with Crippen LogP contribution in [0, 0.1) is 5.92 Å². The highest BCUT2D eigenvalue weighted by Crippen LogP contribution is 2.19. The van der Waals surface area contributed by atoms with Gasteiger partial charge in [-0.3, -0.25) is 4.79 Å². The normalized spacial score (nSPS) is 17.5. The zero-order chi connectivity index (χ0) is 14.4. The van der Waals surface area contributed by atoms with E-state index in [1.807, 2.05) is 24.3 Å². The first-order chi connectivity index (χ1) is 9.65. The second-order valence-electron chi connectivity index (χ2n) is 5.17. The molecule has 0 bridgehead atoms. The molecular formula is C15H22N2O3. The average molecular weight is 278 g/mol. The molecule has 5 heteroatoms. The number of benzene rings is 1. The summed E-state index contributed by atoms with van der Waals surface area (Å²) in [5, 5.41) is 2.74. The number of nitrogens with two attached hydrogens (primary N) is 1. The Morgan fingerprint density at radius 2 is 2.05 bits per heavy atom. The van der Waals surface area contributed by atoms with E-state index in [1.54, 1.807) is 6.92 Å². The van der Waals surface area contributed by atoms with E-state index in [0.29, 0.717) is 5.92 Å². The van der Waals surface area contributed by atoms with Crippen molar-refractivity contribution < 1.29 is 14.3 Å². The van der Waals surface area contributed by atoms with Crippen molar-refractivity contribution in [3.8, 4) is 5.75 Å². The van der Waals surface area contributed by atoms with Gasteiger partial charge in [0.25, 0.3) is 0 Å². The summed E-state index contributed by atoms with van der Waals surface area (Å²) in [5.41, 5.74) is 6.22. The molecule has 110 valence electrons. The van der Waals surface area contributed by atoms with Crippen molar-refractivity contribution in [2.24, 2.45) is 11.7 Å². The Kier molecular flexibility index (Phi) is 5.38. The maximum Gasteiger partial charge on any atom is 0.240 e. The lowest BCUT2D eigenvalue weighted by Gasteiger charge is -2.22.